The molecule has 32 heavy (non-hydrogen) atoms. The minimum absolute atomic E-state index is 0.122. The minimum Gasteiger partial charge on any atom is -0.497 e. The maximum Gasteiger partial charge on any atom is 0.271 e. The topological polar surface area (TPSA) is 112 Å². The second-order valence-corrected chi connectivity index (χ2v) is 6.55. The largest absolute Gasteiger partial charge is 0.497 e. The second kappa shape index (κ2) is 10.6. The molecule has 0 aliphatic carbocycles. The highest BCUT2D eigenvalue weighted by Crippen LogP contribution is 2.24. The highest BCUT2D eigenvalue weighted by molar-refractivity contribution is 5.95. The lowest BCUT2D eigenvalue weighted by molar-refractivity contribution is -0.384. The summed E-state index contributed by atoms with van der Waals surface area (Å²) >= 11 is 0. The van der Waals surface area contributed by atoms with Crippen LogP contribution in [0.15, 0.2) is 71.8 Å². The normalized spacial score (nSPS) is 10.6. The zero-order valence-corrected chi connectivity index (χ0v) is 17.5. The summed E-state index contributed by atoms with van der Waals surface area (Å²) in [6.45, 7) is 0.296. The van der Waals surface area contributed by atoms with Crippen LogP contribution in [-0.4, -0.2) is 31.3 Å². The molecule has 3 rings (SSSR count). The predicted molar refractivity (Wildman–Crippen MR) is 118 cm³/mol. The van der Waals surface area contributed by atoms with Crippen molar-refractivity contribution in [1.29, 1.82) is 0 Å². The van der Waals surface area contributed by atoms with Crippen molar-refractivity contribution in [2.75, 3.05) is 14.2 Å². The van der Waals surface area contributed by atoms with E-state index in [9.17, 15) is 14.9 Å². The Morgan fingerprint density at radius 2 is 1.78 bits per heavy atom. The quantitative estimate of drug-likeness (QED) is 0.309. The van der Waals surface area contributed by atoms with Crippen LogP contribution in [-0.2, 0) is 6.61 Å². The summed E-state index contributed by atoms with van der Waals surface area (Å²) in [7, 11) is 3.14. The number of amides is 1. The van der Waals surface area contributed by atoms with Crippen molar-refractivity contribution in [3.63, 3.8) is 0 Å². The molecular formula is C23H21N3O6. The van der Waals surface area contributed by atoms with Gasteiger partial charge in [0, 0.05) is 23.3 Å². The summed E-state index contributed by atoms with van der Waals surface area (Å²) in [5, 5.41) is 14.8. The van der Waals surface area contributed by atoms with Gasteiger partial charge in [-0.05, 0) is 42.0 Å². The molecule has 1 amide bonds. The maximum absolute atomic E-state index is 12.3. The molecular weight excluding hydrogens is 414 g/mol. The van der Waals surface area contributed by atoms with E-state index in [0.29, 0.717) is 23.7 Å². The molecule has 164 valence electrons. The Balaban J connectivity index is 1.73. The fraction of sp³-hybridized carbons (Fsp3) is 0.130. The molecule has 9 heteroatoms. The van der Waals surface area contributed by atoms with Crippen molar-refractivity contribution in [2.24, 2.45) is 5.10 Å². The van der Waals surface area contributed by atoms with E-state index < -0.39 is 10.8 Å². The molecule has 3 aromatic carbocycles. The summed E-state index contributed by atoms with van der Waals surface area (Å²) in [6, 6.07) is 18.1. The Morgan fingerprint density at radius 3 is 2.53 bits per heavy atom. The van der Waals surface area contributed by atoms with E-state index in [1.807, 2.05) is 24.3 Å². The molecule has 0 heterocycles. The zero-order valence-electron chi connectivity index (χ0n) is 17.5. The number of rotatable bonds is 9. The third-order valence-corrected chi connectivity index (χ3v) is 4.43. The summed E-state index contributed by atoms with van der Waals surface area (Å²) in [4.78, 5) is 22.6. The molecule has 0 aromatic heterocycles. The molecule has 0 saturated heterocycles. The first-order valence-corrected chi connectivity index (χ1v) is 9.52. The number of methoxy groups -OCH3 is 2. The van der Waals surface area contributed by atoms with Crippen molar-refractivity contribution in [2.45, 2.75) is 6.61 Å². The number of carbonyl (C=O) groups excluding carboxylic acids is 1. The number of hydrogen-bond acceptors (Lipinski definition) is 7. The van der Waals surface area contributed by atoms with Crippen LogP contribution in [0, 0.1) is 10.1 Å². The highest BCUT2D eigenvalue weighted by atomic mass is 16.6. The van der Waals surface area contributed by atoms with E-state index in [-0.39, 0.29) is 11.3 Å². The molecule has 0 spiro atoms. The number of nitrogens with one attached hydrogen (secondary N) is 1. The maximum atomic E-state index is 12.3. The van der Waals surface area contributed by atoms with Gasteiger partial charge in [-0.2, -0.15) is 5.10 Å². The molecule has 0 saturated carbocycles. The summed E-state index contributed by atoms with van der Waals surface area (Å²) in [6.07, 6.45) is 1.42. The van der Waals surface area contributed by atoms with E-state index in [0.717, 1.165) is 11.3 Å². The lowest BCUT2D eigenvalue weighted by Gasteiger charge is -2.11. The Morgan fingerprint density at radius 1 is 1.03 bits per heavy atom. The van der Waals surface area contributed by atoms with Gasteiger partial charge in [0.05, 0.1) is 25.4 Å². The summed E-state index contributed by atoms with van der Waals surface area (Å²) < 4.78 is 16.4. The van der Waals surface area contributed by atoms with Crippen molar-refractivity contribution < 1.29 is 23.9 Å². The first-order valence-electron chi connectivity index (χ1n) is 9.52. The number of nitrogens with zero attached hydrogens (tertiary/aromatic N) is 2. The van der Waals surface area contributed by atoms with E-state index in [2.05, 4.69) is 10.5 Å². The molecule has 0 bridgehead atoms. The first kappa shape index (κ1) is 22.3. The molecule has 0 atom stereocenters. The summed E-state index contributed by atoms with van der Waals surface area (Å²) in [5.41, 5.74) is 3.80. The summed E-state index contributed by atoms with van der Waals surface area (Å²) in [5.74, 6) is 1.27. The molecule has 1 N–H and O–H groups in total. The van der Waals surface area contributed by atoms with Gasteiger partial charge >= 0.3 is 0 Å². The van der Waals surface area contributed by atoms with Gasteiger partial charge in [-0.3, -0.25) is 14.9 Å². The van der Waals surface area contributed by atoms with Gasteiger partial charge in [0.15, 0.2) is 0 Å². The number of nitro benzene ring substituents is 1. The minimum atomic E-state index is -0.577. The second-order valence-electron chi connectivity index (χ2n) is 6.55. The third-order valence-electron chi connectivity index (χ3n) is 4.43. The van der Waals surface area contributed by atoms with Crippen LogP contribution in [0.1, 0.15) is 21.5 Å². The number of non-ortho nitro benzene ring substituents is 1. The van der Waals surface area contributed by atoms with Gasteiger partial charge in [-0.25, -0.2) is 5.43 Å². The van der Waals surface area contributed by atoms with Gasteiger partial charge in [0.25, 0.3) is 11.6 Å². The Bertz CT molecular complexity index is 1150. The Kier molecular flexibility index (Phi) is 7.37. The Labute approximate surface area is 184 Å². The van der Waals surface area contributed by atoms with Crippen molar-refractivity contribution >= 4 is 17.8 Å². The third kappa shape index (κ3) is 5.82. The molecule has 0 unspecified atom stereocenters. The Hall–Kier alpha value is -4.40. The molecule has 0 aliphatic heterocycles. The van der Waals surface area contributed by atoms with Crippen LogP contribution in [0.2, 0.25) is 0 Å². The van der Waals surface area contributed by atoms with Crippen LogP contribution >= 0.6 is 0 Å². The van der Waals surface area contributed by atoms with Gasteiger partial charge in [-0.15, -0.1) is 0 Å². The van der Waals surface area contributed by atoms with Crippen LogP contribution in [0.4, 0.5) is 5.69 Å². The fourth-order valence-electron chi connectivity index (χ4n) is 2.79. The standard InChI is InChI=1S/C23H21N3O6/c1-30-20-8-3-5-16(11-20)15-32-22-10-9-21(31-2)13-18(22)14-24-25-23(27)17-6-4-7-19(12-17)26(28)29/h3-14H,15H2,1-2H3,(H,25,27)/b24-14-. The average molecular weight is 435 g/mol. The average Bonchev–Trinajstić information content (AvgIpc) is 2.83. The highest BCUT2D eigenvalue weighted by Gasteiger charge is 2.11. The lowest BCUT2D eigenvalue weighted by atomic mass is 10.2. The van der Waals surface area contributed by atoms with Gasteiger partial charge in [0.1, 0.15) is 23.9 Å². The lowest BCUT2D eigenvalue weighted by Crippen LogP contribution is -2.17. The van der Waals surface area contributed by atoms with Crippen LogP contribution in [0.3, 0.4) is 0 Å². The van der Waals surface area contributed by atoms with Gasteiger partial charge in [-0.1, -0.05) is 18.2 Å². The molecule has 3 aromatic rings. The van der Waals surface area contributed by atoms with Crippen LogP contribution in [0.5, 0.6) is 17.2 Å². The van der Waals surface area contributed by atoms with Crippen molar-refractivity contribution in [1.82, 2.24) is 5.43 Å². The van der Waals surface area contributed by atoms with Crippen LogP contribution in [0.25, 0.3) is 0 Å². The van der Waals surface area contributed by atoms with E-state index >= 15 is 0 Å². The number of hydrazone groups is 1. The monoisotopic (exact) mass is 435 g/mol. The van der Waals surface area contributed by atoms with E-state index in [1.165, 1.54) is 37.6 Å². The predicted octanol–water partition coefficient (Wildman–Crippen LogP) is 3.95. The SMILES string of the molecule is COc1cccc(COc2ccc(OC)cc2/C=N\NC(=O)c2cccc([N+](=O)[O-])c2)c1. The molecule has 0 fully saturated rings. The fourth-order valence-corrected chi connectivity index (χ4v) is 2.79. The van der Waals surface area contributed by atoms with E-state index in [4.69, 9.17) is 14.2 Å². The number of carbonyl (C=O) groups is 1. The van der Waals surface area contributed by atoms with E-state index in [1.54, 1.807) is 25.3 Å². The number of ether oxygens (including phenoxy) is 3. The molecule has 0 radical (unpaired) electrons. The van der Waals surface area contributed by atoms with Gasteiger partial charge in [0.2, 0.25) is 0 Å². The number of benzene rings is 3. The smallest absolute Gasteiger partial charge is 0.271 e. The van der Waals surface area contributed by atoms with Crippen molar-refractivity contribution in [3.8, 4) is 17.2 Å². The number of hydrogen-bond donors (Lipinski definition) is 1. The van der Waals surface area contributed by atoms with Crippen LogP contribution < -0.4 is 19.6 Å². The zero-order chi connectivity index (χ0) is 22.9. The number of nitro groups is 1. The molecule has 9 nitrogen and oxygen atoms in total. The molecule has 0 aliphatic rings. The van der Waals surface area contributed by atoms with Crippen molar-refractivity contribution in [3.05, 3.63) is 93.5 Å². The van der Waals surface area contributed by atoms with Gasteiger partial charge < -0.3 is 14.2 Å². The first-order chi connectivity index (χ1) is 15.5.